The molecule has 0 unspecified atom stereocenters. The van der Waals surface area contributed by atoms with Crippen LogP contribution in [-0.4, -0.2) is 28.0 Å². The zero-order valence-corrected chi connectivity index (χ0v) is 12.4. The number of rotatable bonds is 3. The van der Waals surface area contributed by atoms with Crippen LogP contribution >= 0.6 is 0 Å². The van der Waals surface area contributed by atoms with E-state index in [0.717, 1.165) is 5.56 Å². The number of aromatic nitrogens is 1. The SMILES string of the molecule is C[CH-]C.[Mg+2].[c-]1ccc(COc2ccccn2)cc1. The topological polar surface area (TPSA) is 22.1 Å². The van der Waals surface area contributed by atoms with Gasteiger partial charge < -0.3 is 11.2 Å². The molecule has 2 nitrogen and oxygen atoms in total. The van der Waals surface area contributed by atoms with Crippen LogP contribution < -0.4 is 4.74 Å². The van der Waals surface area contributed by atoms with Crippen molar-refractivity contribution in [1.82, 2.24) is 4.98 Å². The molecule has 0 fully saturated rings. The standard InChI is InChI=1S/C12H10NO.C3H7.Mg/c1-2-6-11(7-3-1)10-14-12-8-4-5-9-13-12;1-3-2;/h2-9H,10H2;3H,1-2H3;/q2*-1;+2. The smallest absolute Gasteiger partial charge is 0.475 e. The Morgan fingerprint density at radius 2 is 1.83 bits per heavy atom. The number of ether oxygens (including phenoxy) is 1. The van der Waals surface area contributed by atoms with Crippen molar-refractivity contribution in [3.8, 4) is 5.88 Å². The first kappa shape index (κ1) is 16.9. The van der Waals surface area contributed by atoms with Gasteiger partial charge in [0.2, 0.25) is 5.88 Å². The third kappa shape index (κ3) is 7.30. The van der Waals surface area contributed by atoms with E-state index in [1.807, 2.05) is 62.7 Å². The molecule has 1 aromatic carbocycles. The van der Waals surface area contributed by atoms with Crippen LogP contribution in [0.25, 0.3) is 0 Å². The Bertz CT molecular complexity index is 352. The van der Waals surface area contributed by atoms with Crippen molar-refractivity contribution >= 4 is 23.1 Å². The Morgan fingerprint density at radius 1 is 1.17 bits per heavy atom. The maximum atomic E-state index is 5.47. The van der Waals surface area contributed by atoms with Gasteiger partial charge in [-0.15, -0.1) is 5.56 Å². The monoisotopic (exact) mass is 251 g/mol. The van der Waals surface area contributed by atoms with Crippen molar-refractivity contribution in [3.05, 3.63) is 66.7 Å². The summed E-state index contributed by atoms with van der Waals surface area (Å²) in [5.41, 5.74) is 1.12. The number of benzene rings is 1. The van der Waals surface area contributed by atoms with E-state index in [9.17, 15) is 0 Å². The average Bonchev–Trinajstić information content (AvgIpc) is 2.40. The summed E-state index contributed by atoms with van der Waals surface area (Å²) in [6.07, 6.45) is 3.72. The largest absolute Gasteiger partial charge is 2.00 e. The zero-order chi connectivity index (χ0) is 12.3. The van der Waals surface area contributed by atoms with E-state index in [-0.39, 0.29) is 23.1 Å². The van der Waals surface area contributed by atoms with E-state index in [1.54, 1.807) is 6.20 Å². The number of pyridine rings is 1. The minimum Gasteiger partial charge on any atom is -0.475 e. The predicted molar refractivity (Wildman–Crippen MR) is 75.2 cm³/mol. The van der Waals surface area contributed by atoms with Crippen LogP contribution in [0.3, 0.4) is 0 Å². The van der Waals surface area contributed by atoms with Gasteiger partial charge in [-0.1, -0.05) is 6.07 Å². The van der Waals surface area contributed by atoms with Gasteiger partial charge >= 0.3 is 23.1 Å². The third-order valence-corrected chi connectivity index (χ3v) is 1.81. The molecule has 2 rings (SSSR count). The summed E-state index contributed by atoms with van der Waals surface area (Å²) in [6.45, 7) is 4.55. The van der Waals surface area contributed by atoms with Crippen molar-refractivity contribution in [2.45, 2.75) is 20.5 Å². The van der Waals surface area contributed by atoms with E-state index in [1.165, 1.54) is 0 Å². The summed E-state index contributed by atoms with van der Waals surface area (Å²) in [4.78, 5) is 4.06. The van der Waals surface area contributed by atoms with E-state index in [4.69, 9.17) is 4.74 Å². The molecule has 0 aliphatic carbocycles. The molecule has 1 aromatic heterocycles. The van der Waals surface area contributed by atoms with Crippen molar-refractivity contribution < 1.29 is 4.74 Å². The molecule has 0 atom stereocenters. The van der Waals surface area contributed by atoms with Crippen molar-refractivity contribution in [1.29, 1.82) is 0 Å². The van der Waals surface area contributed by atoms with Crippen LogP contribution in [0.1, 0.15) is 19.4 Å². The van der Waals surface area contributed by atoms with Crippen molar-refractivity contribution in [2.24, 2.45) is 0 Å². The fraction of sp³-hybridized carbons (Fsp3) is 0.200. The first-order chi connectivity index (χ1) is 8.36. The average molecular weight is 252 g/mol. The molecular formula is C15H17MgNO. The Morgan fingerprint density at radius 3 is 2.39 bits per heavy atom. The van der Waals surface area contributed by atoms with Gasteiger partial charge in [-0.25, -0.2) is 4.98 Å². The Kier molecular flexibility index (Phi) is 10.4. The van der Waals surface area contributed by atoms with Gasteiger partial charge in [0, 0.05) is 12.3 Å². The molecule has 0 amide bonds. The van der Waals surface area contributed by atoms with Gasteiger partial charge in [-0.2, -0.15) is 44.2 Å². The fourth-order valence-corrected chi connectivity index (χ4v) is 1.11. The summed E-state index contributed by atoms with van der Waals surface area (Å²) in [5.74, 6) is 0.653. The van der Waals surface area contributed by atoms with Crippen LogP contribution in [0.5, 0.6) is 5.88 Å². The summed E-state index contributed by atoms with van der Waals surface area (Å²) >= 11 is 0. The normalized spacial score (nSPS) is 8.56. The Labute approximate surface area is 126 Å². The predicted octanol–water partition coefficient (Wildman–Crippen LogP) is 3.31. The van der Waals surface area contributed by atoms with Crippen molar-refractivity contribution in [2.75, 3.05) is 0 Å². The zero-order valence-electron chi connectivity index (χ0n) is 11.0. The molecule has 0 bridgehead atoms. The molecule has 18 heavy (non-hydrogen) atoms. The molecule has 3 heteroatoms. The second kappa shape index (κ2) is 11.1. The van der Waals surface area contributed by atoms with Gasteiger partial charge in [0.15, 0.2) is 0 Å². The van der Waals surface area contributed by atoms with E-state index in [0.29, 0.717) is 12.5 Å². The van der Waals surface area contributed by atoms with Crippen LogP contribution in [-0.2, 0) is 6.61 Å². The number of hydrogen-bond acceptors (Lipinski definition) is 2. The minimum absolute atomic E-state index is 0. The third-order valence-electron chi connectivity index (χ3n) is 1.81. The first-order valence-corrected chi connectivity index (χ1v) is 5.59. The molecule has 0 saturated heterocycles. The summed E-state index contributed by atoms with van der Waals surface area (Å²) in [7, 11) is 0. The molecule has 0 radical (unpaired) electrons. The van der Waals surface area contributed by atoms with Gasteiger partial charge in [0.25, 0.3) is 0 Å². The number of hydrogen-bond donors (Lipinski definition) is 0. The molecule has 0 saturated carbocycles. The van der Waals surface area contributed by atoms with Gasteiger partial charge in [-0.05, 0) is 6.07 Å². The van der Waals surface area contributed by atoms with Crippen LogP contribution in [0, 0.1) is 12.5 Å². The van der Waals surface area contributed by atoms with Crippen LogP contribution in [0.15, 0.2) is 48.7 Å². The van der Waals surface area contributed by atoms with Crippen LogP contribution in [0.4, 0.5) is 0 Å². The molecular weight excluding hydrogens is 234 g/mol. The molecule has 0 N–H and O–H groups in total. The number of nitrogens with zero attached hydrogens (tertiary/aromatic N) is 1. The van der Waals surface area contributed by atoms with E-state index in [2.05, 4.69) is 11.1 Å². The maximum Gasteiger partial charge on any atom is 2.00 e. The second-order valence-electron chi connectivity index (χ2n) is 3.44. The second-order valence-corrected chi connectivity index (χ2v) is 3.44. The van der Waals surface area contributed by atoms with E-state index >= 15 is 0 Å². The summed E-state index contributed by atoms with van der Waals surface area (Å²) in [5, 5.41) is 0. The summed E-state index contributed by atoms with van der Waals surface area (Å²) in [6, 6.07) is 16.3. The molecule has 1 heterocycles. The fourth-order valence-electron chi connectivity index (χ4n) is 1.11. The van der Waals surface area contributed by atoms with Gasteiger partial charge in [0.1, 0.15) is 0 Å². The van der Waals surface area contributed by atoms with Gasteiger partial charge in [-0.3, -0.25) is 0 Å². The Hall–Kier alpha value is -1.06. The molecule has 0 aliphatic rings. The van der Waals surface area contributed by atoms with Crippen LogP contribution in [0.2, 0.25) is 0 Å². The molecule has 90 valence electrons. The molecule has 0 aliphatic heterocycles. The first-order valence-electron chi connectivity index (χ1n) is 5.59. The minimum atomic E-state index is 0. The van der Waals surface area contributed by atoms with E-state index < -0.39 is 0 Å². The molecule has 0 spiro atoms. The Balaban J connectivity index is 0.000000660. The summed E-state index contributed by atoms with van der Waals surface area (Å²) < 4.78 is 5.47. The maximum absolute atomic E-state index is 5.47. The quantitative estimate of drug-likeness (QED) is 0.617. The van der Waals surface area contributed by atoms with Gasteiger partial charge in [0.05, 0.1) is 6.61 Å². The molecule has 2 aromatic rings. The van der Waals surface area contributed by atoms with Crippen molar-refractivity contribution in [3.63, 3.8) is 0 Å².